The Hall–Kier alpha value is -2.74. The largest absolute Gasteiger partial charge is 0.426 e. The molecule has 1 unspecified atom stereocenters. The summed E-state index contributed by atoms with van der Waals surface area (Å²) in [6.45, 7) is 3.39. The Morgan fingerprint density at radius 1 is 1.33 bits per heavy atom. The summed E-state index contributed by atoms with van der Waals surface area (Å²) in [5.74, 6) is -0.631. The number of aromatic nitrogens is 2. The van der Waals surface area contributed by atoms with E-state index in [1.165, 1.54) is 30.6 Å². The summed E-state index contributed by atoms with van der Waals surface area (Å²) in [6.07, 6.45) is -3.58. The van der Waals surface area contributed by atoms with Gasteiger partial charge >= 0.3 is 12.1 Å². The molecule has 0 amide bonds. The molecule has 0 bridgehead atoms. The molecule has 1 aromatic heterocycles. The van der Waals surface area contributed by atoms with Gasteiger partial charge in [-0.05, 0) is 18.2 Å². The van der Waals surface area contributed by atoms with Crippen LogP contribution in [0.25, 0.3) is 11.4 Å². The number of carbonyl (C=O) groups excluding carboxylic acids is 1. The second-order valence-corrected chi connectivity index (χ2v) is 4.73. The van der Waals surface area contributed by atoms with Gasteiger partial charge in [0.15, 0.2) is 11.9 Å². The SMILES string of the molecule is C=CCC(=O)Oc1ccc(C(O)C(F)(F)F)c(-c2ncccn2)c1. The monoisotopic (exact) mass is 338 g/mol. The number of carbonyl (C=O) groups is 1. The normalized spacial score (nSPS) is 12.5. The fraction of sp³-hybridized carbons (Fsp3) is 0.188. The van der Waals surface area contributed by atoms with Crippen molar-refractivity contribution in [3.8, 4) is 17.1 Å². The highest BCUT2D eigenvalue weighted by Gasteiger charge is 2.41. The van der Waals surface area contributed by atoms with E-state index in [0.29, 0.717) is 0 Å². The lowest BCUT2D eigenvalue weighted by atomic mass is 10.0. The van der Waals surface area contributed by atoms with Crippen molar-refractivity contribution in [2.75, 3.05) is 0 Å². The molecule has 2 aromatic rings. The van der Waals surface area contributed by atoms with Crippen molar-refractivity contribution in [2.24, 2.45) is 0 Å². The van der Waals surface area contributed by atoms with Gasteiger partial charge < -0.3 is 9.84 Å². The fourth-order valence-electron chi connectivity index (χ4n) is 1.94. The standard InChI is InChI=1S/C16H13F3N2O3/c1-2-4-13(22)24-10-5-6-11(14(23)16(17,18)19)12(9-10)15-20-7-3-8-21-15/h2-3,5-9,14,23H,1,4H2. The average Bonchev–Trinajstić information content (AvgIpc) is 2.54. The van der Waals surface area contributed by atoms with E-state index in [1.54, 1.807) is 0 Å². The topological polar surface area (TPSA) is 72.3 Å². The van der Waals surface area contributed by atoms with E-state index in [4.69, 9.17) is 4.74 Å². The minimum Gasteiger partial charge on any atom is -0.426 e. The molecule has 1 aromatic carbocycles. The van der Waals surface area contributed by atoms with Crippen LogP contribution in [0.2, 0.25) is 0 Å². The number of aliphatic hydroxyl groups is 1. The number of nitrogens with zero attached hydrogens (tertiary/aromatic N) is 2. The second-order valence-electron chi connectivity index (χ2n) is 4.73. The Bertz CT molecular complexity index is 733. The molecule has 0 spiro atoms. The highest BCUT2D eigenvalue weighted by Crippen LogP contribution is 2.38. The zero-order valence-corrected chi connectivity index (χ0v) is 12.3. The van der Waals surface area contributed by atoms with Crippen molar-refractivity contribution in [3.63, 3.8) is 0 Å². The number of hydrogen-bond acceptors (Lipinski definition) is 5. The first kappa shape index (κ1) is 17.6. The minimum absolute atomic E-state index is 0.0161. The third-order valence-corrected chi connectivity index (χ3v) is 2.98. The van der Waals surface area contributed by atoms with Crippen LogP contribution in [0.3, 0.4) is 0 Å². The van der Waals surface area contributed by atoms with Gasteiger partial charge in [0.25, 0.3) is 0 Å². The van der Waals surface area contributed by atoms with E-state index in [1.807, 2.05) is 0 Å². The minimum atomic E-state index is -4.86. The molecule has 5 nitrogen and oxygen atoms in total. The first-order valence-electron chi connectivity index (χ1n) is 6.80. The lowest BCUT2D eigenvalue weighted by Gasteiger charge is -2.18. The van der Waals surface area contributed by atoms with Gasteiger partial charge in [-0.2, -0.15) is 13.2 Å². The summed E-state index contributed by atoms with van der Waals surface area (Å²) in [5.41, 5.74) is -0.512. The van der Waals surface area contributed by atoms with Gasteiger partial charge in [0.05, 0.1) is 6.42 Å². The molecule has 0 aliphatic carbocycles. The van der Waals surface area contributed by atoms with Gasteiger partial charge in [-0.15, -0.1) is 6.58 Å². The molecule has 2 rings (SSSR count). The lowest BCUT2D eigenvalue weighted by Crippen LogP contribution is -2.21. The Morgan fingerprint density at radius 3 is 2.58 bits per heavy atom. The number of aliphatic hydroxyl groups excluding tert-OH is 1. The molecule has 8 heteroatoms. The van der Waals surface area contributed by atoms with Gasteiger partial charge in [0, 0.05) is 23.5 Å². The fourth-order valence-corrected chi connectivity index (χ4v) is 1.94. The molecule has 1 heterocycles. The Labute approximate surface area is 135 Å². The number of halogens is 3. The molecular weight excluding hydrogens is 325 g/mol. The van der Waals surface area contributed by atoms with Crippen molar-refractivity contribution in [3.05, 3.63) is 54.9 Å². The molecule has 1 N–H and O–H groups in total. The zero-order valence-electron chi connectivity index (χ0n) is 12.3. The van der Waals surface area contributed by atoms with Gasteiger partial charge in [0.1, 0.15) is 5.75 Å². The van der Waals surface area contributed by atoms with E-state index in [2.05, 4.69) is 16.5 Å². The molecular formula is C16H13F3N2O3. The lowest BCUT2D eigenvalue weighted by molar-refractivity contribution is -0.206. The summed E-state index contributed by atoms with van der Waals surface area (Å²) in [5, 5.41) is 9.55. The Kier molecular flexibility index (Phi) is 5.30. The van der Waals surface area contributed by atoms with Crippen LogP contribution in [-0.4, -0.2) is 27.2 Å². The van der Waals surface area contributed by atoms with E-state index < -0.39 is 23.8 Å². The van der Waals surface area contributed by atoms with Crippen molar-refractivity contribution >= 4 is 5.97 Å². The average molecular weight is 338 g/mol. The smallest absolute Gasteiger partial charge is 0.418 e. The number of benzene rings is 1. The maximum absolute atomic E-state index is 12.9. The van der Waals surface area contributed by atoms with Gasteiger partial charge in [-0.3, -0.25) is 4.79 Å². The quantitative estimate of drug-likeness (QED) is 0.515. The molecule has 0 saturated carbocycles. The van der Waals surface area contributed by atoms with Crippen LogP contribution in [0, 0.1) is 0 Å². The second kappa shape index (κ2) is 7.22. The molecule has 0 radical (unpaired) electrons. The van der Waals surface area contributed by atoms with Crippen LogP contribution < -0.4 is 4.74 Å². The maximum atomic E-state index is 12.9. The molecule has 0 fully saturated rings. The van der Waals surface area contributed by atoms with Crippen molar-refractivity contribution < 1.29 is 27.8 Å². The van der Waals surface area contributed by atoms with Crippen LogP contribution in [0.4, 0.5) is 13.2 Å². The van der Waals surface area contributed by atoms with E-state index in [-0.39, 0.29) is 23.6 Å². The highest BCUT2D eigenvalue weighted by atomic mass is 19.4. The summed E-state index contributed by atoms with van der Waals surface area (Å²) >= 11 is 0. The number of esters is 1. The summed E-state index contributed by atoms with van der Waals surface area (Å²) in [4.78, 5) is 19.3. The third kappa shape index (κ3) is 4.17. The summed E-state index contributed by atoms with van der Waals surface area (Å²) in [7, 11) is 0. The van der Waals surface area contributed by atoms with Crippen LogP contribution in [-0.2, 0) is 4.79 Å². The molecule has 24 heavy (non-hydrogen) atoms. The Balaban J connectivity index is 2.48. The number of alkyl halides is 3. The van der Waals surface area contributed by atoms with Gasteiger partial charge in [0.2, 0.25) is 0 Å². The van der Waals surface area contributed by atoms with Crippen LogP contribution in [0.5, 0.6) is 5.75 Å². The van der Waals surface area contributed by atoms with Crippen LogP contribution in [0.15, 0.2) is 49.3 Å². The molecule has 0 aliphatic rings. The predicted molar refractivity (Wildman–Crippen MR) is 78.9 cm³/mol. The summed E-state index contributed by atoms with van der Waals surface area (Å²) in [6, 6.07) is 4.87. The van der Waals surface area contributed by atoms with Crippen LogP contribution >= 0.6 is 0 Å². The first-order valence-corrected chi connectivity index (χ1v) is 6.80. The van der Waals surface area contributed by atoms with E-state index in [0.717, 1.165) is 12.1 Å². The Morgan fingerprint density at radius 2 is 2.00 bits per heavy atom. The number of rotatable bonds is 5. The number of hydrogen-bond donors (Lipinski definition) is 1. The van der Waals surface area contributed by atoms with E-state index >= 15 is 0 Å². The van der Waals surface area contributed by atoms with Crippen molar-refractivity contribution in [2.45, 2.75) is 18.7 Å². The van der Waals surface area contributed by atoms with E-state index in [9.17, 15) is 23.1 Å². The first-order chi connectivity index (χ1) is 11.3. The zero-order chi connectivity index (χ0) is 17.7. The van der Waals surface area contributed by atoms with Crippen molar-refractivity contribution in [1.29, 1.82) is 0 Å². The molecule has 126 valence electrons. The van der Waals surface area contributed by atoms with Crippen LogP contribution in [0.1, 0.15) is 18.1 Å². The van der Waals surface area contributed by atoms with Crippen molar-refractivity contribution in [1.82, 2.24) is 9.97 Å². The molecule has 0 saturated heterocycles. The predicted octanol–water partition coefficient (Wildman–Crippen LogP) is 3.22. The molecule has 1 atom stereocenters. The van der Waals surface area contributed by atoms with Gasteiger partial charge in [-0.25, -0.2) is 9.97 Å². The molecule has 0 aliphatic heterocycles. The van der Waals surface area contributed by atoms with Gasteiger partial charge in [-0.1, -0.05) is 12.1 Å². The maximum Gasteiger partial charge on any atom is 0.418 e. The highest BCUT2D eigenvalue weighted by molar-refractivity contribution is 5.75. The number of ether oxygens (including phenoxy) is 1. The summed E-state index contributed by atoms with van der Waals surface area (Å²) < 4.78 is 43.6. The third-order valence-electron chi connectivity index (χ3n) is 2.98.